The Morgan fingerprint density at radius 3 is 2.53 bits per heavy atom. The third-order valence-electron chi connectivity index (χ3n) is 4.72. The Morgan fingerprint density at radius 2 is 1.93 bits per heavy atom. The quantitative estimate of drug-likeness (QED) is 0.218. The van der Waals surface area contributed by atoms with Crippen LogP contribution in [0.15, 0.2) is 52.1 Å². The first kappa shape index (κ1) is 26.3. The van der Waals surface area contributed by atoms with Crippen molar-refractivity contribution >= 4 is 29.9 Å². The van der Waals surface area contributed by atoms with E-state index in [0.29, 0.717) is 18.4 Å². The number of nitrogens with zero attached hydrogens (tertiary/aromatic N) is 1. The first-order valence-corrected chi connectivity index (χ1v) is 10.4. The first-order valence-electron chi connectivity index (χ1n) is 10.4. The fourth-order valence-corrected chi connectivity index (χ4v) is 3.23. The third kappa shape index (κ3) is 10.3. The zero-order valence-electron chi connectivity index (χ0n) is 18.3. The van der Waals surface area contributed by atoms with Crippen molar-refractivity contribution in [3.63, 3.8) is 0 Å². The van der Waals surface area contributed by atoms with E-state index in [2.05, 4.69) is 24.5 Å². The molecular formula is C23H36IN3O3. The number of methoxy groups -OCH3 is 1. The Hall–Kier alpha value is -1.74. The van der Waals surface area contributed by atoms with Crippen molar-refractivity contribution in [2.75, 3.05) is 26.8 Å². The van der Waals surface area contributed by atoms with E-state index in [0.717, 1.165) is 55.4 Å². The smallest absolute Gasteiger partial charge is 0.191 e. The van der Waals surface area contributed by atoms with E-state index in [4.69, 9.17) is 14.1 Å². The van der Waals surface area contributed by atoms with Gasteiger partial charge in [-0.25, -0.2) is 4.99 Å². The molecule has 0 radical (unpaired) electrons. The second-order valence-electron chi connectivity index (χ2n) is 7.66. The summed E-state index contributed by atoms with van der Waals surface area (Å²) in [6, 6.07) is 11.8. The molecule has 2 aromatic rings. The first-order chi connectivity index (χ1) is 14.1. The number of furan rings is 1. The average molecular weight is 529 g/mol. The van der Waals surface area contributed by atoms with Crippen LogP contribution in [0, 0.1) is 11.8 Å². The van der Waals surface area contributed by atoms with Crippen LogP contribution in [0.3, 0.4) is 0 Å². The van der Waals surface area contributed by atoms with Crippen LogP contribution in [0.25, 0.3) is 0 Å². The molecule has 1 aromatic heterocycles. The number of aliphatic imine (C=N–C) groups is 1. The molecule has 1 heterocycles. The van der Waals surface area contributed by atoms with Crippen molar-refractivity contribution in [3.8, 4) is 5.75 Å². The van der Waals surface area contributed by atoms with Crippen LogP contribution in [-0.2, 0) is 13.0 Å². The van der Waals surface area contributed by atoms with Gasteiger partial charge in [0.25, 0.3) is 0 Å². The van der Waals surface area contributed by atoms with Gasteiger partial charge in [0.1, 0.15) is 11.5 Å². The number of aliphatic hydroxyl groups is 1. The van der Waals surface area contributed by atoms with Crippen molar-refractivity contribution in [3.05, 3.63) is 54.0 Å². The second kappa shape index (κ2) is 15.1. The van der Waals surface area contributed by atoms with Gasteiger partial charge in [-0.2, -0.15) is 0 Å². The summed E-state index contributed by atoms with van der Waals surface area (Å²) in [5, 5.41) is 16.2. The third-order valence-corrected chi connectivity index (χ3v) is 4.72. The van der Waals surface area contributed by atoms with Gasteiger partial charge in [-0.15, -0.1) is 24.0 Å². The van der Waals surface area contributed by atoms with Crippen molar-refractivity contribution in [1.29, 1.82) is 0 Å². The van der Waals surface area contributed by atoms with Crippen LogP contribution >= 0.6 is 24.0 Å². The van der Waals surface area contributed by atoms with E-state index in [1.807, 2.05) is 36.4 Å². The summed E-state index contributed by atoms with van der Waals surface area (Å²) in [6.45, 7) is 6.73. The average Bonchev–Trinajstić information content (AvgIpc) is 3.23. The molecule has 0 bridgehead atoms. The molecule has 0 fully saturated rings. The van der Waals surface area contributed by atoms with Gasteiger partial charge in [0, 0.05) is 26.1 Å². The Morgan fingerprint density at radius 1 is 1.17 bits per heavy atom. The molecule has 0 amide bonds. The predicted octanol–water partition coefficient (Wildman–Crippen LogP) is 4.23. The lowest BCUT2D eigenvalue weighted by Crippen LogP contribution is -2.41. The number of nitrogens with one attached hydrogen (secondary N) is 2. The Kier molecular flexibility index (Phi) is 13.3. The predicted molar refractivity (Wildman–Crippen MR) is 133 cm³/mol. The number of aliphatic hydroxyl groups excluding tert-OH is 1. The van der Waals surface area contributed by atoms with Gasteiger partial charge in [-0.3, -0.25) is 0 Å². The van der Waals surface area contributed by atoms with Gasteiger partial charge in [0.15, 0.2) is 5.96 Å². The zero-order chi connectivity index (χ0) is 20.9. The zero-order valence-corrected chi connectivity index (χ0v) is 20.6. The van der Waals surface area contributed by atoms with E-state index in [1.54, 1.807) is 13.4 Å². The SMILES string of the molecule is COc1ccc(CN=C(NCCc2ccco2)NCC(CCO)CC(C)C)cc1.I. The van der Waals surface area contributed by atoms with E-state index >= 15 is 0 Å². The van der Waals surface area contributed by atoms with E-state index in [9.17, 15) is 5.11 Å². The highest BCUT2D eigenvalue weighted by molar-refractivity contribution is 14.0. The molecule has 0 aliphatic carbocycles. The summed E-state index contributed by atoms with van der Waals surface area (Å²) in [6.07, 6.45) is 4.36. The molecule has 0 aliphatic rings. The van der Waals surface area contributed by atoms with Crippen LogP contribution in [0.5, 0.6) is 5.75 Å². The molecule has 0 spiro atoms. The highest BCUT2D eigenvalue weighted by atomic mass is 127. The normalized spacial score (nSPS) is 12.4. The van der Waals surface area contributed by atoms with E-state index in [-0.39, 0.29) is 30.6 Å². The fraction of sp³-hybridized carbons (Fsp3) is 0.522. The minimum atomic E-state index is 0. The summed E-state index contributed by atoms with van der Waals surface area (Å²) in [7, 11) is 1.66. The van der Waals surface area contributed by atoms with Crippen molar-refractivity contribution in [2.24, 2.45) is 16.8 Å². The molecule has 0 saturated carbocycles. The molecule has 2 rings (SSSR count). The summed E-state index contributed by atoms with van der Waals surface area (Å²) in [4.78, 5) is 4.74. The summed E-state index contributed by atoms with van der Waals surface area (Å²) >= 11 is 0. The lowest BCUT2D eigenvalue weighted by atomic mass is 9.94. The van der Waals surface area contributed by atoms with Crippen molar-refractivity contribution < 1.29 is 14.3 Å². The number of benzene rings is 1. The molecule has 1 unspecified atom stereocenters. The number of guanidine groups is 1. The fourth-order valence-electron chi connectivity index (χ4n) is 3.23. The van der Waals surface area contributed by atoms with Gasteiger partial charge in [-0.1, -0.05) is 26.0 Å². The monoisotopic (exact) mass is 529 g/mol. The number of ether oxygens (including phenoxy) is 1. The lowest BCUT2D eigenvalue weighted by molar-refractivity contribution is 0.243. The number of hydrogen-bond donors (Lipinski definition) is 3. The lowest BCUT2D eigenvalue weighted by Gasteiger charge is -2.20. The van der Waals surface area contributed by atoms with Crippen LogP contribution in [-0.4, -0.2) is 37.9 Å². The van der Waals surface area contributed by atoms with Gasteiger partial charge in [0.2, 0.25) is 0 Å². The van der Waals surface area contributed by atoms with Crippen LogP contribution in [0.2, 0.25) is 0 Å². The minimum absolute atomic E-state index is 0. The van der Waals surface area contributed by atoms with Gasteiger partial charge in [-0.05, 0) is 54.5 Å². The van der Waals surface area contributed by atoms with Gasteiger partial charge >= 0.3 is 0 Å². The number of halogens is 1. The van der Waals surface area contributed by atoms with Crippen LogP contribution in [0.1, 0.15) is 38.0 Å². The van der Waals surface area contributed by atoms with Crippen LogP contribution in [0.4, 0.5) is 0 Å². The summed E-state index contributed by atoms with van der Waals surface area (Å²) < 4.78 is 10.6. The Bertz CT molecular complexity index is 703. The molecule has 3 N–H and O–H groups in total. The van der Waals surface area contributed by atoms with Crippen LogP contribution < -0.4 is 15.4 Å². The maximum atomic E-state index is 9.36. The van der Waals surface area contributed by atoms with Crippen molar-refractivity contribution in [2.45, 2.75) is 39.7 Å². The number of rotatable bonds is 12. The molecule has 1 atom stereocenters. The Balaban J connectivity index is 0.00000450. The highest BCUT2D eigenvalue weighted by Crippen LogP contribution is 2.14. The maximum Gasteiger partial charge on any atom is 0.191 e. The molecular weight excluding hydrogens is 493 g/mol. The molecule has 0 aliphatic heterocycles. The highest BCUT2D eigenvalue weighted by Gasteiger charge is 2.11. The molecule has 1 aromatic carbocycles. The van der Waals surface area contributed by atoms with E-state index in [1.165, 1.54) is 0 Å². The molecule has 6 nitrogen and oxygen atoms in total. The standard InChI is InChI=1S/C23H35N3O3.HI/c1-18(2)15-20(11-13-27)17-26-23(24-12-10-22-5-4-14-29-22)25-16-19-6-8-21(28-3)9-7-19;/h4-9,14,18,20,27H,10-13,15-17H2,1-3H3,(H2,24,25,26);1H. The number of hydrogen-bond acceptors (Lipinski definition) is 4. The molecule has 0 saturated heterocycles. The summed E-state index contributed by atoms with van der Waals surface area (Å²) in [5.74, 6) is 3.58. The Labute approximate surface area is 197 Å². The largest absolute Gasteiger partial charge is 0.497 e. The van der Waals surface area contributed by atoms with E-state index < -0.39 is 0 Å². The molecule has 168 valence electrons. The topological polar surface area (TPSA) is 79.0 Å². The second-order valence-corrected chi connectivity index (χ2v) is 7.66. The van der Waals surface area contributed by atoms with Gasteiger partial charge < -0.3 is 24.9 Å². The maximum absolute atomic E-state index is 9.36. The van der Waals surface area contributed by atoms with Crippen molar-refractivity contribution in [1.82, 2.24) is 10.6 Å². The summed E-state index contributed by atoms with van der Waals surface area (Å²) in [5.41, 5.74) is 1.12. The molecule has 7 heteroatoms. The molecule has 30 heavy (non-hydrogen) atoms. The minimum Gasteiger partial charge on any atom is -0.497 e. The van der Waals surface area contributed by atoms with Gasteiger partial charge in [0.05, 0.1) is 19.9 Å².